The van der Waals surface area contributed by atoms with E-state index < -0.39 is 0 Å². The van der Waals surface area contributed by atoms with E-state index in [-0.39, 0.29) is 11.9 Å². The number of benzene rings is 1. The Hall–Kier alpha value is -1.35. The fourth-order valence-corrected chi connectivity index (χ4v) is 2.65. The maximum atomic E-state index is 11.4. The number of ether oxygens (including phenoxy) is 2. The molecule has 1 aliphatic carbocycles. The minimum absolute atomic E-state index is 0.0522. The zero-order valence-electron chi connectivity index (χ0n) is 11.5. The number of hydrogen-bond donors (Lipinski definition) is 0. The van der Waals surface area contributed by atoms with E-state index in [1.165, 1.54) is 12.7 Å². The van der Waals surface area contributed by atoms with E-state index in [2.05, 4.69) is 12.1 Å². The molecule has 0 spiro atoms. The number of esters is 1. The monoisotopic (exact) mass is 262 g/mol. The molecule has 1 saturated carbocycles. The summed E-state index contributed by atoms with van der Waals surface area (Å²) in [6, 6.07) is 10.2. The third-order valence-corrected chi connectivity index (χ3v) is 3.85. The summed E-state index contributed by atoms with van der Waals surface area (Å²) in [5.74, 6) is 0.642. The van der Waals surface area contributed by atoms with Crippen molar-refractivity contribution >= 4 is 5.97 Å². The van der Waals surface area contributed by atoms with Crippen LogP contribution in [0.25, 0.3) is 0 Å². The summed E-state index contributed by atoms with van der Waals surface area (Å²) in [5.41, 5.74) is 1.21. The van der Waals surface area contributed by atoms with Gasteiger partial charge in [-0.25, -0.2) is 0 Å². The van der Waals surface area contributed by atoms with Gasteiger partial charge in [0.15, 0.2) is 0 Å². The van der Waals surface area contributed by atoms with Crippen molar-refractivity contribution in [3.63, 3.8) is 0 Å². The van der Waals surface area contributed by atoms with Crippen LogP contribution in [-0.4, -0.2) is 19.7 Å². The molecule has 0 heterocycles. The number of methoxy groups -OCH3 is 1. The lowest BCUT2D eigenvalue weighted by atomic mass is 9.82. The zero-order valence-corrected chi connectivity index (χ0v) is 11.5. The van der Waals surface area contributed by atoms with Crippen molar-refractivity contribution in [2.24, 2.45) is 11.8 Å². The topological polar surface area (TPSA) is 35.5 Å². The van der Waals surface area contributed by atoms with Gasteiger partial charge in [-0.3, -0.25) is 4.79 Å². The minimum Gasteiger partial charge on any atom is -0.469 e. The van der Waals surface area contributed by atoms with Crippen molar-refractivity contribution in [3.05, 3.63) is 35.9 Å². The Morgan fingerprint density at radius 2 is 1.84 bits per heavy atom. The second kappa shape index (κ2) is 7.29. The van der Waals surface area contributed by atoms with Gasteiger partial charge >= 0.3 is 5.97 Å². The van der Waals surface area contributed by atoms with E-state index in [1.807, 2.05) is 18.2 Å². The molecular weight excluding hydrogens is 240 g/mol. The Kier molecular flexibility index (Phi) is 5.40. The van der Waals surface area contributed by atoms with Crippen LogP contribution in [0.3, 0.4) is 0 Å². The zero-order chi connectivity index (χ0) is 13.5. The lowest BCUT2D eigenvalue weighted by Crippen LogP contribution is -2.24. The number of carbonyl (C=O) groups is 1. The third-order valence-electron chi connectivity index (χ3n) is 3.85. The molecule has 1 fully saturated rings. The number of hydrogen-bond acceptors (Lipinski definition) is 3. The summed E-state index contributed by atoms with van der Waals surface area (Å²) in [5, 5.41) is 0. The van der Waals surface area contributed by atoms with Gasteiger partial charge in [-0.05, 0) is 37.2 Å². The van der Waals surface area contributed by atoms with Gasteiger partial charge in [0.1, 0.15) is 0 Å². The summed E-state index contributed by atoms with van der Waals surface area (Å²) in [4.78, 5) is 11.4. The molecule has 0 aromatic heterocycles. The molecule has 104 valence electrons. The highest BCUT2D eigenvalue weighted by molar-refractivity contribution is 5.72. The van der Waals surface area contributed by atoms with Crippen LogP contribution < -0.4 is 0 Å². The summed E-state index contributed by atoms with van der Waals surface area (Å²) >= 11 is 0. The lowest BCUT2D eigenvalue weighted by Gasteiger charge is -2.26. The number of rotatable bonds is 5. The van der Waals surface area contributed by atoms with Gasteiger partial charge in [0.05, 0.1) is 19.6 Å². The molecule has 0 unspecified atom stereocenters. The van der Waals surface area contributed by atoms with Gasteiger partial charge in [-0.15, -0.1) is 0 Å². The molecule has 0 aliphatic heterocycles. The van der Waals surface area contributed by atoms with Crippen molar-refractivity contribution in [1.29, 1.82) is 0 Å². The van der Waals surface area contributed by atoms with E-state index in [0.29, 0.717) is 12.5 Å². The minimum atomic E-state index is -0.0522. The number of carbonyl (C=O) groups excluding carboxylic acids is 1. The Morgan fingerprint density at radius 1 is 1.16 bits per heavy atom. The highest BCUT2D eigenvalue weighted by Gasteiger charge is 2.26. The molecule has 0 saturated heterocycles. The van der Waals surface area contributed by atoms with Crippen LogP contribution in [0, 0.1) is 11.8 Å². The Balaban J connectivity index is 1.65. The van der Waals surface area contributed by atoms with Crippen molar-refractivity contribution in [2.75, 3.05) is 13.7 Å². The largest absolute Gasteiger partial charge is 0.469 e. The van der Waals surface area contributed by atoms with Crippen molar-refractivity contribution in [1.82, 2.24) is 0 Å². The molecule has 1 aromatic carbocycles. The summed E-state index contributed by atoms with van der Waals surface area (Å²) in [6.45, 7) is 1.47. The third kappa shape index (κ3) is 4.35. The molecule has 3 heteroatoms. The molecule has 0 atom stereocenters. The van der Waals surface area contributed by atoms with Gasteiger partial charge in [-0.1, -0.05) is 30.3 Å². The van der Waals surface area contributed by atoms with Crippen LogP contribution in [0.4, 0.5) is 0 Å². The van der Waals surface area contributed by atoms with Gasteiger partial charge in [0.25, 0.3) is 0 Å². The van der Waals surface area contributed by atoms with Crippen molar-refractivity contribution in [2.45, 2.75) is 32.3 Å². The van der Waals surface area contributed by atoms with Gasteiger partial charge in [0.2, 0.25) is 0 Å². The second-order valence-corrected chi connectivity index (χ2v) is 5.24. The molecule has 0 amide bonds. The quantitative estimate of drug-likeness (QED) is 0.764. The van der Waals surface area contributed by atoms with Gasteiger partial charge < -0.3 is 9.47 Å². The highest BCUT2D eigenvalue weighted by atomic mass is 16.5. The second-order valence-electron chi connectivity index (χ2n) is 5.24. The first kappa shape index (κ1) is 14.1. The molecule has 3 nitrogen and oxygen atoms in total. The predicted molar refractivity (Wildman–Crippen MR) is 73.6 cm³/mol. The lowest BCUT2D eigenvalue weighted by molar-refractivity contribution is -0.147. The van der Waals surface area contributed by atoms with Crippen LogP contribution in [-0.2, 0) is 20.9 Å². The summed E-state index contributed by atoms with van der Waals surface area (Å²) < 4.78 is 10.6. The Bertz CT molecular complexity index is 380. The molecular formula is C16H22O3. The van der Waals surface area contributed by atoms with Crippen LogP contribution in [0.1, 0.15) is 31.2 Å². The molecule has 0 radical (unpaired) electrons. The Labute approximate surface area is 114 Å². The van der Waals surface area contributed by atoms with E-state index in [1.54, 1.807) is 0 Å². The normalized spacial score (nSPS) is 23.0. The van der Waals surface area contributed by atoms with E-state index in [0.717, 1.165) is 32.3 Å². The van der Waals surface area contributed by atoms with Crippen molar-refractivity contribution < 1.29 is 14.3 Å². The summed E-state index contributed by atoms with van der Waals surface area (Å²) in [7, 11) is 1.47. The molecule has 0 N–H and O–H groups in total. The fourth-order valence-electron chi connectivity index (χ4n) is 2.65. The standard InChI is InChI=1S/C16H22O3/c1-18-16(17)15-9-7-14(8-10-15)12-19-11-13-5-3-2-4-6-13/h2-6,14-15H,7-12H2,1H3/t14-,15-. The first-order valence-corrected chi connectivity index (χ1v) is 6.99. The maximum absolute atomic E-state index is 11.4. The van der Waals surface area contributed by atoms with Crippen LogP contribution in [0.5, 0.6) is 0 Å². The maximum Gasteiger partial charge on any atom is 0.308 e. The average molecular weight is 262 g/mol. The molecule has 0 bridgehead atoms. The fraction of sp³-hybridized carbons (Fsp3) is 0.562. The van der Waals surface area contributed by atoms with E-state index in [9.17, 15) is 4.79 Å². The van der Waals surface area contributed by atoms with Crippen LogP contribution >= 0.6 is 0 Å². The average Bonchev–Trinajstić information content (AvgIpc) is 2.48. The predicted octanol–water partition coefficient (Wildman–Crippen LogP) is 3.18. The van der Waals surface area contributed by atoms with Gasteiger partial charge in [-0.2, -0.15) is 0 Å². The first-order chi connectivity index (χ1) is 9.29. The molecule has 19 heavy (non-hydrogen) atoms. The van der Waals surface area contributed by atoms with Crippen LogP contribution in [0.15, 0.2) is 30.3 Å². The Morgan fingerprint density at radius 3 is 2.47 bits per heavy atom. The first-order valence-electron chi connectivity index (χ1n) is 6.99. The van der Waals surface area contributed by atoms with Crippen molar-refractivity contribution in [3.8, 4) is 0 Å². The molecule has 2 rings (SSSR count). The molecule has 1 aromatic rings. The van der Waals surface area contributed by atoms with E-state index >= 15 is 0 Å². The van der Waals surface area contributed by atoms with Gasteiger partial charge in [0, 0.05) is 6.61 Å². The smallest absolute Gasteiger partial charge is 0.308 e. The highest BCUT2D eigenvalue weighted by Crippen LogP contribution is 2.29. The summed E-state index contributed by atoms with van der Waals surface area (Å²) in [6.07, 6.45) is 4.00. The van der Waals surface area contributed by atoms with E-state index in [4.69, 9.17) is 9.47 Å². The van der Waals surface area contributed by atoms with Crippen LogP contribution in [0.2, 0.25) is 0 Å². The molecule has 1 aliphatic rings. The SMILES string of the molecule is COC(=O)[C@H]1CC[C@H](COCc2ccccc2)CC1.